The van der Waals surface area contributed by atoms with Gasteiger partial charge in [0.1, 0.15) is 33.5 Å². The van der Waals surface area contributed by atoms with Crippen molar-refractivity contribution in [3.8, 4) is 61.8 Å². The van der Waals surface area contributed by atoms with Crippen LogP contribution < -0.4 is 0 Å². The molecule has 5 aromatic heterocycles. The highest BCUT2D eigenvalue weighted by molar-refractivity contribution is 6.17. The van der Waals surface area contributed by atoms with Crippen LogP contribution in [0.1, 0.15) is 0 Å². The molecule has 0 saturated heterocycles. The zero-order valence-electron chi connectivity index (χ0n) is 37.4. The summed E-state index contributed by atoms with van der Waals surface area (Å²) >= 11 is 0. The monoisotopic (exact) mass is 895 g/mol. The molecular formula is C64H37N3O3. The van der Waals surface area contributed by atoms with Gasteiger partial charge in [-0.3, -0.25) is 0 Å². The number of benzene rings is 10. The largest absolute Gasteiger partial charge is 0.456 e. The lowest BCUT2D eigenvalue weighted by Gasteiger charge is -2.10. The first kappa shape index (κ1) is 38.6. The fourth-order valence-electron chi connectivity index (χ4n) is 10.8. The fourth-order valence-corrected chi connectivity index (χ4v) is 10.8. The second-order valence-electron chi connectivity index (χ2n) is 18.0. The van der Waals surface area contributed by atoms with Gasteiger partial charge in [-0.2, -0.15) is 0 Å². The van der Waals surface area contributed by atoms with Crippen molar-refractivity contribution in [3.63, 3.8) is 0 Å². The molecule has 6 nitrogen and oxygen atoms in total. The van der Waals surface area contributed by atoms with Gasteiger partial charge < -0.3 is 17.8 Å². The van der Waals surface area contributed by atoms with Crippen LogP contribution in [0.5, 0.6) is 0 Å². The van der Waals surface area contributed by atoms with Crippen LogP contribution in [0.4, 0.5) is 0 Å². The second kappa shape index (κ2) is 15.0. The van der Waals surface area contributed by atoms with E-state index in [0.717, 1.165) is 122 Å². The van der Waals surface area contributed by atoms with Crippen LogP contribution in [0.25, 0.3) is 149 Å². The molecule has 0 fully saturated rings. The Kier molecular flexibility index (Phi) is 8.26. The van der Waals surface area contributed by atoms with Gasteiger partial charge in [-0.25, -0.2) is 9.97 Å². The lowest BCUT2D eigenvalue weighted by Crippen LogP contribution is -1.96. The third-order valence-corrected chi connectivity index (χ3v) is 14.0. The predicted octanol–water partition coefficient (Wildman–Crippen LogP) is 17.6. The molecule has 0 amide bonds. The molecule has 70 heavy (non-hydrogen) atoms. The average Bonchev–Trinajstić information content (AvgIpc) is 4.19. The lowest BCUT2D eigenvalue weighted by molar-refractivity contribution is 0.668. The first-order valence-electron chi connectivity index (χ1n) is 23.5. The van der Waals surface area contributed by atoms with E-state index in [0.29, 0.717) is 5.82 Å². The summed E-state index contributed by atoms with van der Waals surface area (Å²) in [5.74, 6) is 0.613. The number of nitrogens with zero attached hydrogens (tertiary/aromatic N) is 3. The number of furan rings is 3. The molecule has 0 radical (unpaired) electrons. The number of rotatable bonds is 6. The molecule has 5 heterocycles. The minimum atomic E-state index is 0.613. The molecule has 0 bridgehead atoms. The molecule has 0 N–H and O–H groups in total. The molecule has 10 aromatic carbocycles. The van der Waals surface area contributed by atoms with Crippen molar-refractivity contribution in [1.29, 1.82) is 0 Å². The van der Waals surface area contributed by atoms with Gasteiger partial charge in [0.05, 0.1) is 22.4 Å². The summed E-state index contributed by atoms with van der Waals surface area (Å²) in [7, 11) is 0. The third-order valence-electron chi connectivity index (χ3n) is 14.0. The fraction of sp³-hybridized carbons (Fsp3) is 0. The van der Waals surface area contributed by atoms with Gasteiger partial charge in [0.25, 0.3) is 0 Å². The highest BCUT2D eigenvalue weighted by Crippen LogP contribution is 2.44. The Bertz CT molecular complexity index is 4590. The molecule has 6 heteroatoms. The normalized spacial score (nSPS) is 12.0. The maximum absolute atomic E-state index is 6.71. The molecule has 15 aromatic rings. The second-order valence-corrected chi connectivity index (χ2v) is 18.0. The van der Waals surface area contributed by atoms with Gasteiger partial charge in [0.2, 0.25) is 0 Å². The van der Waals surface area contributed by atoms with Gasteiger partial charge in [-0.15, -0.1) is 0 Å². The van der Waals surface area contributed by atoms with E-state index in [4.69, 9.17) is 23.2 Å². The van der Waals surface area contributed by atoms with E-state index >= 15 is 0 Å². The summed E-state index contributed by atoms with van der Waals surface area (Å²) in [6.45, 7) is 0. The van der Waals surface area contributed by atoms with Crippen molar-refractivity contribution in [2.75, 3.05) is 0 Å². The molecule has 0 spiro atoms. The first-order valence-corrected chi connectivity index (χ1v) is 23.5. The molecule has 0 saturated carbocycles. The van der Waals surface area contributed by atoms with Crippen molar-refractivity contribution < 1.29 is 13.3 Å². The van der Waals surface area contributed by atoms with Gasteiger partial charge in [0, 0.05) is 65.5 Å². The number of para-hydroxylation sites is 3. The highest BCUT2D eigenvalue weighted by Gasteiger charge is 2.21. The number of hydrogen-bond donors (Lipinski definition) is 0. The summed E-state index contributed by atoms with van der Waals surface area (Å²) in [6, 6.07) is 78.4. The van der Waals surface area contributed by atoms with Gasteiger partial charge >= 0.3 is 0 Å². The SMILES string of the molecule is c1ccc(-c2cc(-c3cccc4oc5ccc(-c6cccc7oc8cc(-c9ccc%10c(c9)c9ccccc9n%10-c9ccccc9)ccc8c67)cc5c34)nc(-c3ccc4c(c3)oc3ccccc34)n2)cc1. The van der Waals surface area contributed by atoms with Crippen LogP contribution in [-0.2, 0) is 0 Å². The van der Waals surface area contributed by atoms with Crippen molar-refractivity contribution in [1.82, 2.24) is 14.5 Å². The van der Waals surface area contributed by atoms with Crippen molar-refractivity contribution in [3.05, 3.63) is 224 Å². The minimum absolute atomic E-state index is 0.613. The summed E-state index contributed by atoms with van der Waals surface area (Å²) in [6.07, 6.45) is 0. The predicted molar refractivity (Wildman–Crippen MR) is 285 cm³/mol. The summed E-state index contributed by atoms with van der Waals surface area (Å²) in [4.78, 5) is 10.5. The molecule has 0 aliphatic rings. The first-order chi connectivity index (χ1) is 34.7. The summed E-state index contributed by atoms with van der Waals surface area (Å²) in [5, 5.41) is 8.73. The average molecular weight is 896 g/mol. The Balaban J connectivity index is 0.853. The molecule has 0 unspecified atom stereocenters. The van der Waals surface area contributed by atoms with Crippen molar-refractivity contribution in [2.24, 2.45) is 0 Å². The van der Waals surface area contributed by atoms with E-state index in [1.807, 2.05) is 48.5 Å². The molecule has 0 aliphatic heterocycles. The Labute approximate surface area is 399 Å². The van der Waals surface area contributed by atoms with Crippen molar-refractivity contribution in [2.45, 2.75) is 0 Å². The molecule has 0 atom stereocenters. The Morgan fingerprint density at radius 1 is 0.286 bits per heavy atom. The Morgan fingerprint density at radius 3 is 1.71 bits per heavy atom. The Morgan fingerprint density at radius 2 is 0.843 bits per heavy atom. The topological polar surface area (TPSA) is 70.1 Å². The standard InChI is InChI=1S/C64H37N3O3/c1-3-13-38(14-4-1)52-37-53(66-64(65-52)42-26-29-47-46-18-8-10-22-56(46)69-60(47)36-42)48-20-12-24-59-63(48)51-34-41(28-32-57(51)68-59)44-19-11-23-58-62(44)49-30-25-40(35-61(49)70-58)39-27-31-55-50(33-39)45-17-7-9-21-54(45)67(55)43-15-5-2-6-16-43/h1-37H. The van der Waals surface area contributed by atoms with E-state index in [1.54, 1.807) is 0 Å². The van der Waals surface area contributed by atoms with Crippen LogP contribution in [-0.4, -0.2) is 14.5 Å². The van der Waals surface area contributed by atoms with Crippen LogP contribution >= 0.6 is 0 Å². The molecule has 15 rings (SSSR count). The lowest BCUT2D eigenvalue weighted by atomic mass is 9.95. The van der Waals surface area contributed by atoms with E-state index in [2.05, 4.69) is 180 Å². The number of aromatic nitrogens is 3. The smallest absolute Gasteiger partial charge is 0.160 e. The number of fused-ring (bicyclic) bond motifs is 12. The molecule has 0 aliphatic carbocycles. The van der Waals surface area contributed by atoms with Crippen LogP contribution in [0, 0.1) is 0 Å². The van der Waals surface area contributed by atoms with E-state index in [1.165, 1.54) is 21.8 Å². The van der Waals surface area contributed by atoms with Crippen LogP contribution in [0.3, 0.4) is 0 Å². The Hall–Kier alpha value is -9.52. The van der Waals surface area contributed by atoms with Crippen LogP contribution in [0.2, 0.25) is 0 Å². The van der Waals surface area contributed by atoms with Crippen LogP contribution in [0.15, 0.2) is 238 Å². The maximum atomic E-state index is 6.71. The maximum Gasteiger partial charge on any atom is 0.160 e. The highest BCUT2D eigenvalue weighted by atomic mass is 16.3. The zero-order valence-corrected chi connectivity index (χ0v) is 37.4. The van der Waals surface area contributed by atoms with Crippen molar-refractivity contribution >= 4 is 87.6 Å². The van der Waals surface area contributed by atoms with Gasteiger partial charge in [-0.05, 0) is 113 Å². The third kappa shape index (κ3) is 5.93. The minimum Gasteiger partial charge on any atom is -0.456 e. The van der Waals surface area contributed by atoms with E-state index < -0.39 is 0 Å². The summed E-state index contributed by atoms with van der Waals surface area (Å²) in [5.41, 5.74) is 17.3. The number of hydrogen-bond acceptors (Lipinski definition) is 5. The van der Waals surface area contributed by atoms with Gasteiger partial charge in [-0.1, -0.05) is 133 Å². The molecule has 326 valence electrons. The van der Waals surface area contributed by atoms with E-state index in [-0.39, 0.29) is 0 Å². The molecular weight excluding hydrogens is 859 g/mol. The quantitative estimate of drug-likeness (QED) is 0.166. The zero-order chi connectivity index (χ0) is 45.9. The summed E-state index contributed by atoms with van der Waals surface area (Å²) < 4.78 is 22.0. The van der Waals surface area contributed by atoms with E-state index in [9.17, 15) is 0 Å². The van der Waals surface area contributed by atoms with Gasteiger partial charge in [0.15, 0.2) is 5.82 Å².